The average Bonchev–Trinajstić information content (AvgIpc) is 3.05. The minimum Gasteiger partial charge on any atom is -0.339 e. The topological polar surface area (TPSA) is 88.7 Å². The smallest absolute Gasteiger partial charge is 0.245 e. The van der Waals surface area contributed by atoms with Crippen LogP contribution in [0.4, 0.5) is 5.95 Å². The predicted molar refractivity (Wildman–Crippen MR) is 77.3 cm³/mol. The van der Waals surface area contributed by atoms with Crippen LogP contribution < -0.4 is 10.6 Å². The van der Waals surface area contributed by atoms with Crippen LogP contribution in [-0.4, -0.2) is 44.6 Å². The summed E-state index contributed by atoms with van der Waals surface area (Å²) < 4.78 is 1.79. The van der Waals surface area contributed by atoms with E-state index in [-0.39, 0.29) is 0 Å². The van der Waals surface area contributed by atoms with Crippen LogP contribution in [0.25, 0.3) is 11.4 Å². The summed E-state index contributed by atoms with van der Waals surface area (Å²) in [5.74, 6) is 2.09. The van der Waals surface area contributed by atoms with Crippen molar-refractivity contribution in [3.63, 3.8) is 0 Å². The zero-order valence-electron chi connectivity index (χ0n) is 12.0. The van der Waals surface area contributed by atoms with Crippen molar-refractivity contribution < 1.29 is 0 Å². The molecule has 0 spiro atoms. The van der Waals surface area contributed by atoms with Crippen molar-refractivity contribution in [2.75, 3.05) is 24.5 Å². The van der Waals surface area contributed by atoms with Gasteiger partial charge >= 0.3 is 0 Å². The van der Waals surface area contributed by atoms with E-state index in [1.54, 1.807) is 4.68 Å². The predicted octanol–water partition coefficient (Wildman–Crippen LogP) is 0.689. The Kier molecular flexibility index (Phi) is 3.43. The van der Waals surface area contributed by atoms with Gasteiger partial charge in [0.05, 0.1) is 11.3 Å². The standard InChI is InChI=1S/C13H21N7/c1-9-11(8-19(2)18-9)12-15-13(17-16-12)20-5-3-4-10(6-14)7-20/h8,10H,3-7,14H2,1-2H3,(H,15,16,17). The summed E-state index contributed by atoms with van der Waals surface area (Å²) in [4.78, 5) is 6.83. The Morgan fingerprint density at radius 3 is 3.05 bits per heavy atom. The Morgan fingerprint density at radius 1 is 1.50 bits per heavy atom. The van der Waals surface area contributed by atoms with Crippen molar-refractivity contribution >= 4 is 5.95 Å². The molecule has 0 bridgehead atoms. The van der Waals surface area contributed by atoms with Gasteiger partial charge in [-0.15, -0.1) is 5.10 Å². The van der Waals surface area contributed by atoms with Gasteiger partial charge in [0, 0.05) is 26.3 Å². The maximum Gasteiger partial charge on any atom is 0.245 e. The first-order valence-electron chi connectivity index (χ1n) is 7.05. The van der Waals surface area contributed by atoms with Gasteiger partial charge in [0.25, 0.3) is 0 Å². The molecular formula is C13H21N7. The molecule has 1 atom stereocenters. The second kappa shape index (κ2) is 5.24. The first-order chi connectivity index (χ1) is 9.67. The van der Waals surface area contributed by atoms with Crippen molar-refractivity contribution in [2.45, 2.75) is 19.8 Å². The number of nitrogens with one attached hydrogen (secondary N) is 1. The molecule has 1 saturated heterocycles. The van der Waals surface area contributed by atoms with E-state index in [1.807, 2.05) is 20.2 Å². The maximum absolute atomic E-state index is 5.78. The van der Waals surface area contributed by atoms with Crippen molar-refractivity contribution in [1.29, 1.82) is 0 Å². The number of nitrogens with zero attached hydrogens (tertiary/aromatic N) is 5. The third kappa shape index (κ3) is 2.40. The molecule has 7 nitrogen and oxygen atoms in total. The van der Waals surface area contributed by atoms with Crippen LogP contribution in [0, 0.1) is 12.8 Å². The third-order valence-electron chi connectivity index (χ3n) is 3.88. The highest BCUT2D eigenvalue weighted by molar-refractivity contribution is 5.58. The molecule has 0 aliphatic carbocycles. The van der Waals surface area contributed by atoms with E-state index < -0.39 is 0 Å². The van der Waals surface area contributed by atoms with Crippen molar-refractivity contribution in [2.24, 2.45) is 18.7 Å². The zero-order chi connectivity index (χ0) is 14.1. The molecular weight excluding hydrogens is 254 g/mol. The van der Waals surface area contributed by atoms with Crippen LogP contribution in [0.2, 0.25) is 0 Å². The van der Waals surface area contributed by atoms with Gasteiger partial charge in [-0.3, -0.25) is 9.78 Å². The molecule has 108 valence electrons. The van der Waals surface area contributed by atoms with Gasteiger partial charge in [-0.25, -0.2) is 0 Å². The highest BCUT2D eigenvalue weighted by Crippen LogP contribution is 2.23. The molecule has 3 N–H and O–H groups in total. The van der Waals surface area contributed by atoms with Crippen LogP contribution in [0.15, 0.2) is 6.20 Å². The number of anilines is 1. The van der Waals surface area contributed by atoms with Gasteiger partial charge in [-0.05, 0) is 32.2 Å². The van der Waals surface area contributed by atoms with Crippen LogP contribution >= 0.6 is 0 Å². The average molecular weight is 275 g/mol. The second-order valence-corrected chi connectivity index (χ2v) is 5.48. The summed E-state index contributed by atoms with van der Waals surface area (Å²) in [5.41, 5.74) is 7.73. The maximum atomic E-state index is 5.78. The fraction of sp³-hybridized carbons (Fsp3) is 0.615. The number of aromatic amines is 1. The Morgan fingerprint density at radius 2 is 2.35 bits per heavy atom. The number of hydrogen-bond donors (Lipinski definition) is 2. The third-order valence-corrected chi connectivity index (χ3v) is 3.88. The summed E-state index contributed by atoms with van der Waals surface area (Å²) in [7, 11) is 1.91. The highest BCUT2D eigenvalue weighted by Gasteiger charge is 2.22. The first kappa shape index (κ1) is 13.1. The molecule has 7 heteroatoms. The van der Waals surface area contributed by atoms with E-state index in [9.17, 15) is 0 Å². The van der Waals surface area contributed by atoms with Crippen molar-refractivity contribution in [3.05, 3.63) is 11.9 Å². The molecule has 1 aliphatic rings. The van der Waals surface area contributed by atoms with E-state index in [2.05, 4.69) is 25.2 Å². The van der Waals surface area contributed by atoms with Crippen LogP contribution in [0.5, 0.6) is 0 Å². The molecule has 1 fully saturated rings. The Hall–Kier alpha value is -1.89. The molecule has 0 radical (unpaired) electrons. The van der Waals surface area contributed by atoms with Gasteiger partial charge in [-0.1, -0.05) is 0 Å². The summed E-state index contributed by atoms with van der Waals surface area (Å²) in [5, 5.41) is 11.7. The van der Waals surface area contributed by atoms with Gasteiger partial charge in [-0.2, -0.15) is 10.1 Å². The number of piperidine rings is 1. The molecule has 20 heavy (non-hydrogen) atoms. The Labute approximate surface area is 118 Å². The van der Waals surface area contributed by atoms with E-state index in [4.69, 9.17) is 5.73 Å². The zero-order valence-corrected chi connectivity index (χ0v) is 12.0. The van der Waals surface area contributed by atoms with Gasteiger partial charge in [0.1, 0.15) is 0 Å². The number of H-pyrrole nitrogens is 1. The molecule has 1 aliphatic heterocycles. The molecule has 1 unspecified atom stereocenters. The lowest BCUT2D eigenvalue weighted by Gasteiger charge is -2.31. The molecule has 3 rings (SSSR count). The summed E-state index contributed by atoms with van der Waals surface area (Å²) in [6.07, 6.45) is 4.31. The monoisotopic (exact) mass is 275 g/mol. The lowest BCUT2D eigenvalue weighted by Crippen LogP contribution is -2.38. The molecule has 0 saturated carbocycles. The number of rotatable bonds is 3. The van der Waals surface area contributed by atoms with Crippen molar-refractivity contribution in [1.82, 2.24) is 25.0 Å². The first-order valence-corrected chi connectivity index (χ1v) is 7.05. The largest absolute Gasteiger partial charge is 0.339 e. The van der Waals surface area contributed by atoms with Gasteiger partial charge in [0.15, 0.2) is 5.82 Å². The quantitative estimate of drug-likeness (QED) is 0.860. The minimum absolute atomic E-state index is 0.547. The van der Waals surface area contributed by atoms with Gasteiger partial charge < -0.3 is 10.6 Å². The molecule has 2 aromatic rings. The second-order valence-electron chi connectivity index (χ2n) is 5.48. The molecule has 2 aromatic heterocycles. The van der Waals surface area contributed by atoms with Crippen molar-refractivity contribution in [3.8, 4) is 11.4 Å². The van der Waals surface area contributed by atoms with Gasteiger partial charge in [0.2, 0.25) is 5.95 Å². The fourth-order valence-electron chi connectivity index (χ4n) is 2.79. The van der Waals surface area contributed by atoms with Crippen LogP contribution in [0.3, 0.4) is 0 Å². The normalized spacial score (nSPS) is 19.6. The number of aromatic nitrogens is 5. The highest BCUT2D eigenvalue weighted by atomic mass is 15.4. The van der Waals surface area contributed by atoms with Crippen LogP contribution in [0.1, 0.15) is 18.5 Å². The van der Waals surface area contributed by atoms with E-state index >= 15 is 0 Å². The summed E-state index contributed by atoms with van der Waals surface area (Å²) in [6, 6.07) is 0. The summed E-state index contributed by atoms with van der Waals surface area (Å²) in [6.45, 7) is 4.65. The number of nitrogens with two attached hydrogens (primary N) is 1. The molecule has 0 amide bonds. The minimum atomic E-state index is 0.547. The lowest BCUT2D eigenvalue weighted by molar-refractivity contribution is 0.420. The number of aryl methyl sites for hydroxylation is 2. The van der Waals surface area contributed by atoms with E-state index in [0.29, 0.717) is 5.92 Å². The fourth-order valence-corrected chi connectivity index (χ4v) is 2.79. The van der Waals surface area contributed by atoms with Crippen LogP contribution in [-0.2, 0) is 7.05 Å². The number of hydrogen-bond acceptors (Lipinski definition) is 5. The molecule has 3 heterocycles. The Bertz CT molecular complexity index is 585. The SMILES string of the molecule is Cc1nn(C)cc1-c1nc(N2CCCC(CN)C2)n[nH]1. The summed E-state index contributed by atoms with van der Waals surface area (Å²) >= 11 is 0. The van der Waals surface area contributed by atoms with E-state index in [1.165, 1.54) is 6.42 Å². The van der Waals surface area contributed by atoms with E-state index in [0.717, 1.165) is 49.1 Å². The Balaban J connectivity index is 1.81. The molecule has 0 aromatic carbocycles. The lowest BCUT2D eigenvalue weighted by atomic mass is 9.99.